The molecule has 1 aliphatic carbocycles. The minimum atomic E-state index is 0.359. The van der Waals surface area contributed by atoms with E-state index in [4.69, 9.17) is 16.6 Å². The zero-order chi connectivity index (χ0) is 18.6. The Labute approximate surface area is 166 Å². The third-order valence-electron chi connectivity index (χ3n) is 6.26. The molecule has 142 valence electrons. The predicted octanol–water partition coefficient (Wildman–Crippen LogP) is 5.98. The van der Waals surface area contributed by atoms with Crippen molar-refractivity contribution in [1.82, 2.24) is 9.97 Å². The molecule has 1 aliphatic heterocycles. The van der Waals surface area contributed by atoms with Gasteiger partial charge >= 0.3 is 0 Å². The number of hydrogen-bond acceptors (Lipinski definition) is 4. The number of hydrogen-bond donors (Lipinski definition) is 0. The van der Waals surface area contributed by atoms with E-state index in [0.29, 0.717) is 22.5 Å². The van der Waals surface area contributed by atoms with Crippen molar-refractivity contribution in [2.24, 2.45) is 23.2 Å². The van der Waals surface area contributed by atoms with Crippen LogP contribution >= 0.6 is 22.9 Å². The lowest BCUT2D eigenvalue weighted by atomic mass is 9.72. The van der Waals surface area contributed by atoms with Crippen LogP contribution in [0.4, 0.5) is 5.82 Å². The molecule has 2 aliphatic rings. The van der Waals surface area contributed by atoms with Gasteiger partial charge < -0.3 is 4.90 Å². The number of nitrogens with zero attached hydrogens (tertiary/aromatic N) is 3. The lowest BCUT2D eigenvalue weighted by molar-refractivity contribution is 0.218. The van der Waals surface area contributed by atoms with E-state index in [9.17, 15) is 0 Å². The van der Waals surface area contributed by atoms with E-state index in [2.05, 4.69) is 44.5 Å². The van der Waals surface area contributed by atoms with E-state index in [0.717, 1.165) is 36.1 Å². The standard InChI is InChI=1S/C21H30ClN3S/c1-12-8-13(2)11-25(10-12)18-17-15-7-6-14(21(3,4)5)9-16(15)26-19(17)24-20(22)23-18/h12-14H,6-11H2,1-5H3. The summed E-state index contributed by atoms with van der Waals surface area (Å²) in [6.07, 6.45) is 4.88. The first-order chi connectivity index (χ1) is 12.2. The number of anilines is 1. The lowest BCUT2D eigenvalue weighted by Crippen LogP contribution is -2.39. The monoisotopic (exact) mass is 391 g/mol. The average molecular weight is 392 g/mol. The molecule has 2 aromatic rings. The van der Waals surface area contributed by atoms with Gasteiger partial charge in [-0.15, -0.1) is 11.3 Å². The van der Waals surface area contributed by atoms with Crippen LogP contribution in [0.3, 0.4) is 0 Å². The van der Waals surface area contributed by atoms with E-state index in [1.807, 2.05) is 11.3 Å². The molecule has 3 atom stereocenters. The lowest BCUT2D eigenvalue weighted by Gasteiger charge is -2.36. The third kappa shape index (κ3) is 3.35. The maximum absolute atomic E-state index is 6.34. The zero-order valence-corrected chi connectivity index (χ0v) is 18.2. The van der Waals surface area contributed by atoms with Gasteiger partial charge in [0.05, 0.1) is 5.39 Å². The molecule has 0 spiro atoms. The second kappa shape index (κ2) is 6.63. The Balaban J connectivity index is 1.79. The summed E-state index contributed by atoms with van der Waals surface area (Å²) in [5, 5.41) is 1.69. The van der Waals surface area contributed by atoms with Gasteiger partial charge in [0.1, 0.15) is 10.6 Å². The molecule has 0 N–H and O–H groups in total. The number of halogens is 1. The van der Waals surface area contributed by atoms with Crippen LogP contribution in [-0.2, 0) is 12.8 Å². The molecule has 0 radical (unpaired) electrons. The van der Waals surface area contributed by atoms with Crippen LogP contribution in [-0.4, -0.2) is 23.1 Å². The highest BCUT2D eigenvalue weighted by atomic mass is 35.5. The smallest absolute Gasteiger partial charge is 0.225 e. The van der Waals surface area contributed by atoms with E-state index in [1.165, 1.54) is 35.1 Å². The first kappa shape index (κ1) is 18.5. The molecule has 4 rings (SSSR count). The van der Waals surface area contributed by atoms with Gasteiger partial charge in [0.2, 0.25) is 5.28 Å². The van der Waals surface area contributed by atoms with Crippen molar-refractivity contribution in [2.45, 2.75) is 60.3 Å². The highest BCUT2D eigenvalue weighted by molar-refractivity contribution is 7.19. The molecule has 1 fully saturated rings. The molecule has 0 bridgehead atoms. The molecular weight excluding hydrogens is 362 g/mol. The van der Waals surface area contributed by atoms with Crippen molar-refractivity contribution in [2.75, 3.05) is 18.0 Å². The molecule has 5 heteroatoms. The maximum atomic E-state index is 6.34. The SMILES string of the molecule is CC1CC(C)CN(c2nc(Cl)nc3sc4c(c23)CCC(C(C)(C)C)C4)C1. The fourth-order valence-electron chi connectivity index (χ4n) is 4.94. The Morgan fingerprint density at radius 1 is 1.12 bits per heavy atom. The molecule has 26 heavy (non-hydrogen) atoms. The van der Waals surface area contributed by atoms with Gasteiger partial charge in [0.25, 0.3) is 0 Å². The van der Waals surface area contributed by atoms with Gasteiger partial charge in [-0.25, -0.2) is 4.98 Å². The second-order valence-electron chi connectivity index (χ2n) is 9.66. The Kier molecular flexibility index (Phi) is 4.71. The van der Waals surface area contributed by atoms with Gasteiger partial charge in [-0.05, 0) is 66.0 Å². The first-order valence-electron chi connectivity index (χ1n) is 9.95. The van der Waals surface area contributed by atoms with Crippen LogP contribution in [0.2, 0.25) is 5.28 Å². The summed E-state index contributed by atoms with van der Waals surface area (Å²) in [5.41, 5.74) is 1.86. The van der Waals surface area contributed by atoms with Gasteiger partial charge in [-0.1, -0.05) is 34.6 Å². The number of thiophene rings is 1. The van der Waals surface area contributed by atoms with Crippen LogP contribution < -0.4 is 4.90 Å². The number of rotatable bonds is 1. The molecule has 0 aromatic carbocycles. The fourth-order valence-corrected chi connectivity index (χ4v) is 6.45. The van der Waals surface area contributed by atoms with Gasteiger partial charge in [-0.2, -0.15) is 4.98 Å². The summed E-state index contributed by atoms with van der Waals surface area (Å²) in [6, 6.07) is 0. The molecule has 2 aromatic heterocycles. The molecule has 0 saturated carbocycles. The van der Waals surface area contributed by atoms with Crippen molar-refractivity contribution in [3.05, 3.63) is 15.7 Å². The van der Waals surface area contributed by atoms with Crippen LogP contribution in [0.5, 0.6) is 0 Å². The normalized spacial score (nSPS) is 27.0. The fraction of sp³-hybridized carbons (Fsp3) is 0.714. The van der Waals surface area contributed by atoms with Crippen molar-refractivity contribution in [3.8, 4) is 0 Å². The van der Waals surface area contributed by atoms with Crippen LogP contribution in [0, 0.1) is 23.2 Å². The third-order valence-corrected chi connectivity index (χ3v) is 7.57. The van der Waals surface area contributed by atoms with Crippen molar-refractivity contribution in [1.29, 1.82) is 0 Å². The van der Waals surface area contributed by atoms with Gasteiger partial charge in [0, 0.05) is 18.0 Å². The molecule has 1 saturated heterocycles. The van der Waals surface area contributed by atoms with E-state index in [-0.39, 0.29) is 0 Å². The van der Waals surface area contributed by atoms with Gasteiger partial charge in [-0.3, -0.25) is 0 Å². The Hall–Kier alpha value is -0.870. The number of fused-ring (bicyclic) bond motifs is 3. The summed E-state index contributed by atoms with van der Waals surface area (Å²) in [6.45, 7) is 13.9. The van der Waals surface area contributed by atoms with E-state index < -0.39 is 0 Å². The Morgan fingerprint density at radius 2 is 1.81 bits per heavy atom. The molecule has 3 heterocycles. The summed E-state index contributed by atoms with van der Waals surface area (Å²) in [4.78, 5) is 14.4. The van der Waals surface area contributed by atoms with Crippen LogP contribution in [0.15, 0.2) is 0 Å². The molecule has 0 amide bonds. The van der Waals surface area contributed by atoms with E-state index >= 15 is 0 Å². The van der Waals surface area contributed by atoms with Crippen molar-refractivity contribution >= 4 is 39.0 Å². The quantitative estimate of drug-likeness (QED) is 0.560. The zero-order valence-electron chi connectivity index (χ0n) is 16.6. The van der Waals surface area contributed by atoms with E-state index in [1.54, 1.807) is 0 Å². The first-order valence-corrected chi connectivity index (χ1v) is 11.1. The van der Waals surface area contributed by atoms with Crippen LogP contribution in [0.1, 0.15) is 57.9 Å². The second-order valence-corrected chi connectivity index (χ2v) is 11.1. The molecule has 3 nitrogen and oxygen atoms in total. The highest BCUT2D eigenvalue weighted by Gasteiger charge is 2.33. The Morgan fingerprint density at radius 3 is 2.46 bits per heavy atom. The van der Waals surface area contributed by atoms with Gasteiger partial charge in [0.15, 0.2) is 0 Å². The summed E-state index contributed by atoms with van der Waals surface area (Å²) < 4.78 is 0. The minimum Gasteiger partial charge on any atom is -0.355 e. The highest BCUT2D eigenvalue weighted by Crippen LogP contribution is 2.45. The largest absolute Gasteiger partial charge is 0.355 e. The minimum absolute atomic E-state index is 0.359. The molecular formula is C21H30ClN3S. The number of aromatic nitrogens is 2. The molecule has 3 unspecified atom stereocenters. The summed E-state index contributed by atoms with van der Waals surface area (Å²) in [7, 11) is 0. The average Bonchev–Trinajstić information content (AvgIpc) is 2.89. The van der Waals surface area contributed by atoms with Crippen LogP contribution in [0.25, 0.3) is 10.2 Å². The summed E-state index contributed by atoms with van der Waals surface area (Å²) >= 11 is 8.19. The maximum Gasteiger partial charge on any atom is 0.225 e. The number of aryl methyl sites for hydroxylation is 1. The Bertz CT molecular complexity index is 813. The summed E-state index contributed by atoms with van der Waals surface area (Å²) in [5.74, 6) is 3.22. The number of piperidine rings is 1. The predicted molar refractivity (Wildman–Crippen MR) is 113 cm³/mol. The van der Waals surface area contributed by atoms with Crippen molar-refractivity contribution < 1.29 is 0 Å². The van der Waals surface area contributed by atoms with Crippen molar-refractivity contribution in [3.63, 3.8) is 0 Å². The topological polar surface area (TPSA) is 29.0 Å².